The Morgan fingerprint density at radius 1 is 1.25 bits per heavy atom. The first-order valence-electron chi connectivity index (χ1n) is 6.56. The van der Waals surface area contributed by atoms with Crippen LogP contribution in [0.1, 0.15) is 5.56 Å². The molecule has 0 unspecified atom stereocenters. The lowest BCUT2D eigenvalue weighted by Crippen LogP contribution is -2.07. The van der Waals surface area contributed by atoms with Crippen molar-refractivity contribution in [3.05, 3.63) is 42.0 Å². The van der Waals surface area contributed by atoms with Gasteiger partial charge >= 0.3 is 6.18 Å². The zero-order valence-corrected chi connectivity index (χ0v) is 15.0. The lowest BCUT2D eigenvalue weighted by Gasteiger charge is -2.11. The number of hydrogen-bond acceptors (Lipinski definition) is 4. The first kappa shape index (κ1) is 17.3. The van der Waals surface area contributed by atoms with Crippen molar-refractivity contribution in [1.29, 1.82) is 0 Å². The highest BCUT2D eigenvalue weighted by molar-refractivity contribution is 14.2. The number of rotatable bonds is 3. The van der Waals surface area contributed by atoms with Gasteiger partial charge < -0.3 is 5.32 Å². The van der Waals surface area contributed by atoms with Crippen molar-refractivity contribution in [1.82, 2.24) is 13.9 Å². The summed E-state index contributed by atoms with van der Waals surface area (Å²) in [5.74, 6) is -0.493. The molecular weight excluding hydrogens is 459 g/mol. The Morgan fingerprint density at radius 3 is 2.62 bits per heavy atom. The van der Waals surface area contributed by atoms with Crippen molar-refractivity contribution in [3.63, 3.8) is 0 Å². The lowest BCUT2D eigenvalue weighted by atomic mass is 10.1. The number of fused-ring (bicyclic) bond motifs is 1. The van der Waals surface area contributed by atoms with Gasteiger partial charge in [-0.05, 0) is 18.2 Å². The summed E-state index contributed by atoms with van der Waals surface area (Å²) >= 11 is 2.01. The molecule has 3 aromatic rings. The SMILES string of the molecule is CNc1cc(C(F)(F)F)cc(-c2cn(SI)c3ncc(F)cc23)n1. The third-order valence-electron chi connectivity index (χ3n) is 3.34. The van der Waals surface area contributed by atoms with Crippen molar-refractivity contribution in [2.45, 2.75) is 6.18 Å². The van der Waals surface area contributed by atoms with E-state index in [0.717, 1.165) is 18.3 Å². The summed E-state index contributed by atoms with van der Waals surface area (Å²) in [6.07, 6.45) is -1.85. The third kappa shape index (κ3) is 3.16. The van der Waals surface area contributed by atoms with Gasteiger partial charge in [-0.1, -0.05) is 0 Å². The number of alkyl halides is 3. The molecule has 0 atom stereocenters. The van der Waals surface area contributed by atoms with E-state index < -0.39 is 17.6 Å². The fourth-order valence-electron chi connectivity index (χ4n) is 2.27. The Kier molecular flexibility index (Phi) is 4.60. The maximum Gasteiger partial charge on any atom is 0.416 e. The molecule has 3 rings (SSSR count). The quantitative estimate of drug-likeness (QED) is 0.427. The average molecular weight is 468 g/mol. The monoisotopic (exact) mass is 468 g/mol. The zero-order valence-electron chi connectivity index (χ0n) is 12.0. The standard InChI is InChI=1S/C14H9F4IN4S/c1-20-12-3-7(14(16,17)18)2-11(22-12)10-6-23(24-19)13-9(10)4-8(15)5-21-13/h2-6H,1H3,(H,20,22). The van der Waals surface area contributed by atoms with Crippen molar-refractivity contribution < 1.29 is 17.6 Å². The largest absolute Gasteiger partial charge is 0.416 e. The van der Waals surface area contributed by atoms with Gasteiger partial charge in [-0.2, -0.15) is 13.2 Å². The van der Waals surface area contributed by atoms with Gasteiger partial charge in [0, 0.05) is 54.5 Å². The molecule has 0 saturated heterocycles. The van der Waals surface area contributed by atoms with E-state index in [9.17, 15) is 17.6 Å². The molecule has 0 amide bonds. The highest BCUT2D eigenvalue weighted by Gasteiger charge is 2.32. The molecule has 126 valence electrons. The second-order valence-corrected chi connectivity index (χ2v) is 6.55. The number of nitrogens with one attached hydrogen (secondary N) is 1. The van der Waals surface area contributed by atoms with Crippen LogP contribution in [0, 0.1) is 5.82 Å². The van der Waals surface area contributed by atoms with E-state index in [0.29, 0.717) is 16.6 Å². The molecule has 1 N–H and O–H groups in total. The number of aromatic nitrogens is 3. The maximum atomic E-state index is 13.6. The van der Waals surface area contributed by atoms with Gasteiger partial charge in [-0.3, -0.25) is 3.97 Å². The molecule has 0 fully saturated rings. The van der Waals surface area contributed by atoms with Crippen LogP contribution in [0.3, 0.4) is 0 Å². The molecule has 0 bridgehead atoms. The fourth-order valence-corrected chi connectivity index (χ4v) is 3.53. The predicted octanol–water partition coefficient (Wildman–Crippen LogP) is 5.14. The Morgan fingerprint density at radius 2 is 2.00 bits per heavy atom. The summed E-state index contributed by atoms with van der Waals surface area (Å²) in [6, 6.07) is 3.11. The smallest absolute Gasteiger partial charge is 0.373 e. The molecule has 4 nitrogen and oxygen atoms in total. The Labute approximate surface area is 150 Å². The highest BCUT2D eigenvalue weighted by Crippen LogP contribution is 2.37. The molecule has 0 radical (unpaired) electrons. The van der Waals surface area contributed by atoms with Gasteiger partial charge in [-0.15, -0.1) is 0 Å². The molecule has 3 aromatic heterocycles. The molecule has 0 aromatic carbocycles. The number of pyridine rings is 2. The van der Waals surface area contributed by atoms with Gasteiger partial charge in [0.25, 0.3) is 0 Å². The highest BCUT2D eigenvalue weighted by atomic mass is 127. The lowest BCUT2D eigenvalue weighted by molar-refractivity contribution is -0.137. The van der Waals surface area contributed by atoms with E-state index in [-0.39, 0.29) is 11.5 Å². The van der Waals surface area contributed by atoms with Crippen LogP contribution < -0.4 is 5.32 Å². The Bertz CT molecular complexity index is 910. The van der Waals surface area contributed by atoms with Crippen molar-refractivity contribution in [2.75, 3.05) is 12.4 Å². The number of anilines is 1. The van der Waals surface area contributed by atoms with Crippen LogP contribution in [0.25, 0.3) is 22.3 Å². The summed E-state index contributed by atoms with van der Waals surface area (Å²) < 4.78 is 54.5. The molecule has 3 heterocycles. The van der Waals surface area contributed by atoms with Crippen LogP contribution in [0.2, 0.25) is 0 Å². The minimum atomic E-state index is -4.51. The third-order valence-corrected chi connectivity index (χ3v) is 5.04. The minimum absolute atomic E-state index is 0.0761. The van der Waals surface area contributed by atoms with Gasteiger partial charge in [0.1, 0.15) is 11.6 Å². The normalized spacial score (nSPS) is 11.9. The molecule has 0 aliphatic carbocycles. The summed E-state index contributed by atoms with van der Waals surface area (Å²) in [5, 5.41) is 3.01. The molecule has 0 aliphatic heterocycles. The topological polar surface area (TPSA) is 42.7 Å². The number of hydrogen-bond donors (Lipinski definition) is 1. The zero-order chi connectivity index (χ0) is 17.5. The Balaban J connectivity index is 2.29. The first-order chi connectivity index (χ1) is 11.3. The van der Waals surface area contributed by atoms with Crippen molar-refractivity contribution in [3.8, 4) is 11.3 Å². The number of halogens is 5. The fraction of sp³-hybridized carbons (Fsp3) is 0.143. The maximum absolute atomic E-state index is 13.6. The molecule has 24 heavy (non-hydrogen) atoms. The van der Waals surface area contributed by atoms with E-state index in [1.165, 1.54) is 22.2 Å². The summed E-state index contributed by atoms with van der Waals surface area (Å²) in [5.41, 5.74) is 0.0970. The second kappa shape index (κ2) is 6.39. The molecular formula is C14H9F4IN4S. The van der Waals surface area contributed by atoms with Gasteiger partial charge in [0.05, 0.1) is 17.5 Å². The van der Waals surface area contributed by atoms with E-state index >= 15 is 0 Å². The molecule has 0 saturated carbocycles. The van der Waals surface area contributed by atoms with E-state index in [4.69, 9.17) is 0 Å². The van der Waals surface area contributed by atoms with Gasteiger partial charge in [-0.25, -0.2) is 14.4 Å². The summed E-state index contributed by atoms with van der Waals surface area (Å²) in [6.45, 7) is 0. The van der Waals surface area contributed by atoms with E-state index in [1.54, 1.807) is 10.2 Å². The molecule has 0 spiro atoms. The molecule has 10 heteroatoms. The van der Waals surface area contributed by atoms with E-state index in [2.05, 4.69) is 15.3 Å². The first-order valence-corrected chi connectivity index (χ1v) is 9.88. The van der Waals surface area contributed by atoms with Crippen LogP contribution in [0.15, 0.2) is 30.6 Å². The predicted molar refractivity (Wildman–Crippen MR) is 94.5 cm³/mol. The van der Waals surface area contributed by atoms with Crippen molar-refractivity contribution >= 4 is 47.2 Å². The summed E-state index contributed by atoms with van der Waals surface area (Å²) in [4.78, 5) is 8.18. The van der Waals surface area contributed by atoms with Gasteiger partial charge in [0.15, 0.2) is 5.65 Å². The van der Waals surface area contributed by atoms with Crippen LogP contribution >= 0.6 is 30.3 Å². The number of nitrogens with zero attached hydrogens (tertiary/aromatic N) is 3. The van der Waals surface area contributed by atoms with Gasteiger partial charge in [0.2, 0.25) is 0 Å². The average Bonchev–Trinajstić information content (AvgIpc) is 2.91. The second-order valence-electron chi connectivity index (χ2n) is 4.84. The van der Waals surface area contributed by atoms with Crippen LogP contribution in [0.5, 0.6) is 0 Å². The molecule has 0 aliphatic rings. The van der Waals surface area contributed by atoms with Crippen molar-refractivity contribution in [2.24, 2.45) is 0 Å². The van der Waals surface area contributed by atoms with Crippen LogP contribution in [0.4, 0.5) is 23.4 Å². The Hall–Kier alpha value is -1.56. The summed E-state index contributed by atoms with van der Waals surface area (Å²) in [7, 11) is 2.76. The minimum Gasteiger partial charge on any atom is -0.373 e. The van der Waals surface area contributed by atoms with Crippen LogP contribution in [-0.4, -0.2) is 21.0 Å². The van der Waals surface area contributed by atoms with Crippen LogP contribution in [-0.2, 0) is 6.18 Å². The van der Waals surface area contributed by atoms with E-state index in [1.807, 2.05) is 21.2 Å².